The quantitative estimate of drug-likeness (QED) is 0.441. The Morgan fingerprint density at radius 3 is 2.75 bits per heavy atom. The van der Waals surface area contributed by atoms with Crippen LogP contribution in [-0.2, 0) is 9.59 Å². The van der Waals surface area contributed by atoms with Crippen LogP contribution in [0.3, 0.4) is 0 Å². The molecule has 1 saturated carbocycles. The number of benzene rings is 1. The van der Waals surface area contributed by atoms with Crippen LogP contribution in [0.5, 0.6) is 5.75 Å². The Hall–Kier alpha value is -1.89. The Morgan fingerprint density at radius 1 is 1.29 bits per heavy atom. The van der Waals surface area contributed by atoms with Crippen molar-refractivity contribution in [3.8, 4) is 5.75 Å². The second kappa shape index (κ2) is 9.42. The van der Waals surface area contributed by atoms with Crippen LogP contribution in [0.25, 0.3) is 0 Å². The fraction of sp³-hybridized carbons (Fsp3) is 0.471. The van der Waals surface area contributed by atoms with Crippen molar-refractivity contribution in [2.75, 3.05) is 7.11 Å². The summed E-state index contributed by atoms with van der Waals surface area (Å²) in [6.45, 7) is 0. The molecule has 2 rings (SSSR count). The molecular weight excluding hydrogens is 374 g/mol. The number of nitrogens with zero attached hydrogens (tertiary/aromatic N) is 1. The Labute approximate surface area is 150 Å². The van der Waals surface area contributed by atoms with Gasteiger partial charge < -0.3 is 10.1 Å². The van der Waals surface area contributed by atoms with Crippen molar-refractivity contribution in [1.29, 1.82) is 0 Å². The van der Waals surface area contributed by atoms with Gasteiger partial charge in [-0.1, -0.05) is 35.2 Å². The molecule has 0 bridgehead atoms. The van der Waals surface area contributed by atoms with Crippen LogP contribution in [0.4, 0.5) is 0 Å². The molecule has 0 aliphatic heterocycles. The minimum Gasteiger partial charge on any atom is -0.496 e. The molecule has 0 atom stereocenters. The van der Waals surface area contributed by atoms with Crippen LogP contribution >= 0.6 is 15.9 Å². The summed E-state index contributed by atoms with van der Waals surface area (Å²) in [5, 5.41) is 6.79. The number of methoxy groups -OCH3 is 1. The molecule has 0 radical (unpaired) electrons. The zero-order chi connectivity index (χ0) is 17.4. The summed E-state index contributed by atoms with van der Waals surface area (Å²) >= 11 is 3.37. The first-order valence-corrected chi connectivity index (χ1v) is 8.82. The van der Waals surface area contributed by atoms with Crippen molar-refractivity contribution in [3.05, 3.63) is 28.2 Å². The van der Waals surface area contributed by atoms with E-state index in [1.165, 1.54) is 12.6 Å². The first-order chi connectivity index (χ1) is 11.6. The van der Waals surface area contributed by atoms with Gasteiger partial charge in [-0.2, -0.15) is 5.10 Å². The van der Waals surface area contributed by atoms with Crippen molar-refractivity contribution in [3.63, 3.8) is 0 Å². The number of nitrogens with one attached hydrogen (secondary N) is 2. The average Bonchev–Trinajstić information content (AvgIpc) is 2.56. The van der Waals surface area contributed by atoms with E-state index in [0.717, 1.165) is 35.7 Å². The maximum atomic E-state index is 11.8. The smallest absolute Gasteiger partial charge is 0.249 e. The molecule has 0 spiro atoms. The Kier molecular flexibility index (Phi) is 7.24. The molecule has 2 amide bonds. The van der Waals surface area contributed by atoms with E-state index >= 15 is 0 Å². The molecule has 130 valence electrons. The third kappa shape index (κ3) is 5.96. The van der Waals surface area contributed by atoms with Gasteiger partial charge in [0.05, 0.1) is 13.3 Å². The number of carbonyl (C=O) groups excluding carboxylic acids is 2. The molecule has 7 heteroatoms. The Bertz CT molecular complexity index is 613. The van der Waals surface area contributed by atoms with E-state index in [9.17, 15) is 9.59 Å². The van der Waals surface area contributed by atoms with Gasteiger partial charge in [0.25, 0.3) is 0 Å². The van der Waals surface area contributed by atoms with E-state index in [0.29, 0.717) is 5.75 Å². The van der Waals surface area contributed by atoms with Crippen molar-refractivity contribution in [1.82, 2.24) is 10.7 Å². The Balaban J connectivity index is 1.80. The number of ether oxygens (including phenoxy) is 1. The lowest BCUT2D eigenvalue weighted by Gasteiger charge is -2.22. The molecule has 0 heterocycles. The van der Waals surface area contributed by atoms with Crippen molar-refractivity contribution in [2.45, 2.75) is 44.6 Å². The van der Waals surface area contributed by atoms with Gasteiger partial charge in [-0.25, -0.2) is 5.43 Å². The lowest BCUT2D eigenvalue weighted by atomic mass is 9.95. The number of carbonyl (C=O) groups is 2. The zero-order valence-electron chi connectivity index (χ0n) is 13.7. The molecule has 0 unspecified atom stereocenters. The van der Waals surface area contributed by atoms with E-state index < -0.39 is 5.91 Å². The average molecular weight is 396 g/mol. The maximum Gasteiger partial charge on any atom is 0.249 e. The van der Waals surface area contributed by atoms with Crippen LogP contribution in [0.15, 0.2) is 27.8 Å². The highest BCUT2D eigenvalue weighted by molar-refractivity contribution is 9.10. The zero-order valence-corrected chi connectivity index (χ0v) is 15.3. The van der Waals surface area contributed by atoms with Gasteiger partial charge in [0.15, 0.2) is 0 Å². The van der Waals surface area contributed by atoms with Gasteiger partial charge in [0.2, 0.25) is 11.8 Å². The van der Waals surface area contributed by atoms with Gasteiger partial charge in [-0.3, -0.25) is 9.59 Å². The summed E-state index contributed by atoms with van der Waals surface area (Å²) in [5.74, 6) is -0.0469. The minimum atomic E-state index is -0.437. The number of hydrazone groups is 1. The highest BCUT2D eigenvalue weighted by Gasteiger charge is 2.17. The molecule has 0 saturated heterocycles. The van der Waals surface area contributed by atoms with Crippen LogP contribution < -0.4 is 15.5 Å². The summed E-state index contributed by atoms with van der Waals surface area (Å²) in [5.41, 5.74) is 3.09. The number of hydrogen-bond acceptors (Lipinski definition) is 4. The molecule has 1 aromatic rings. The monoisotopic (exact) mass is 395 g/mol. The molecule has 2 N–H and O–H groups in total. The van der Waals surface area contributed by atoms with Gasteiger partial charge in [-0.15, -0.1) is 0 Å². The molecule has 24 heavy (non-hydrogen) atoms. The fourth-order valence-electron chi connectivity index (χ4n) is 2.69. The van der Waals surface area contributed by atoms with E-state index in [1.54, 1.807) is 13.2 Å². The van der Waals surface area contributed by atoms with Gasteiger partial charge in [-0.05, 0) is 31.0 Å². The topological polar surface area (TPSA) is 79.8 Å². The van der Waals surface area contributed by atoms with Crippen LogP contribution in [-0.4, -0.2) is 31.2 Å². The summed E-state index contributed by atoms with van der Waals surface area (Å²) in [4.78, 5) is 23.6. The normalized spacial score (nSPS) is 15.2. The molecule has 6 nitrogen and oxygen atoms in total. The molecule has 1 aromatic carbocycles. The SMILES string of the molecule is COc1ccc(Br)cc1/C=N\NC(=O)CC(=O)NC1CCCCC1. The maximum absolute atomic E-state index is 11.8. The number of amides is 2. The van der Waals surface area contributed by atoms with Crippen LogP contribution in [0, 0.1) is 0 Å². The molecule has 1 fully saturated rings. The lowest BCUT2D eigenvalue weighted by Crippen LogP contribution is -2.38. The first-order valence-electron chi connectivity index (χ1n) is 8.03. The molecule has 1 aliphatic rings. The molecule has 1 aliphatic carbocycles. The number of hydrogen-bond donors (Lipinski definition) is 2. The summed E-state index contributed by atoms with van der Waals surface area (Å²) < 4.78 is 6.10. The second-order valence-electron chi connectivity index (χ2n) is 5.76. The van der Waals surface area contributed by atoms with E-state index in [2.05, 4.69) is 31.8 Å². The van der Waals surface area contributed by atoms with E-state index in [1.807, 2.05) is 12.1 Å². The summed E-state index contributed by atoms with van der Waals surface area (Å²) in [6, 6.07) is 5.67. The second-order valence-corrected chi connectivity index (χ2v) is 6.67. The molecular formula is C17H22BrN3O3. The largest absolute Gasteiger partial charge is 0.496 e. The predicted molar refractivity (Wildman–Crippen MR) is 96.1 cm³/mol. The van der Waals surface area contributed by atoms with E-state index in [4.69, 9.17) is 4.74 Å². The summed E-state index contributed by atoms with van der Waals surface area (Å²) in [6.07, 6.45) is 6.75. The van der Waals surface area contributed by atoms with Crippen LogP contribution in [0.2, 0.25) is 0 Å². The van der Waals surface area contributed by atoms with Gasteiger partial charge >= 0.3 is 0 Å². The highest BCUT2D eigenvalue weighted by atomic mass is 79.9. The van der Waals surface area contributed by atoms with E-state index in [-0.39, 0.29) is 18.4 Å². The third-order valence-electron chi connectivity index (χ3n) is 3.88. The standard InChI is InChI=1S/C17H22BrN3O3/c1-24-15-8-7-13(18)9-12(15)11-19-21-17(23)10-16(22)20-14-5-3-2-4-6-14/h7-9,11,14H,2-6,10H2,1H3,(H,20,22)(H,21,23)/b19-11-. The van der Waals surface area contributed by atoms with Gasteiger partial charge in [0.1, 0.15) is 12.2 Å². The number of halogens is 1. The van der Waals surface area contributed by atoms with Crippen molar-refractivity contribution < 1.29 is 14.3 Å². The molecule has 0 aromatic heterocycles. The highest BCUT2D eigenvalue weighted by Crippen LogP contribution is 2.21. The van der Waals surface area contributed by atoms with Crippen LogP contribution in [0.1, 0.15) is 44.1 Å². The lowest BCUT2D eigenvalue weighted by molar-refractivity contribution is -0.129. The Morgan fingerprint density at radius 2 is 2.04 bits per heavy atom. The van der Waals surface area contributed by atoms with Crippen molar-refractivity contribution >= 4 is 34.0 Å². The van der Waals surface area contributed by atoms with Crippen molar-refractivity contribution in [2.24, 2.45) is 5.10 Å². The minimum absolute atomic E-state index is 0.202. The predicted octanol–water partition coefficient (Wildman–Crippen LogP) is 2.75. The summed E-state index contributed by atoms with van der Waals surface area (Å²) in [7, 11) is 1.56. The van der Waals surface area contributed by atoms with Gasteiger partial charge in [0, 0.05) is 16.1 Å². The third-order valence-corrected chi connectivity index (χ3v) is 4.37. The first kappa shape index (κ1) is 18.4. The fourth-order valence-corrected chi connectivity index (χ4v) is 3.07. The number of rotatable bonds is 6.